The van der Waals surface area contributed by atoms with Crippen LogP contribution in [0, 0.1) is 12.8 Å². The molecular formula is C26H38ClF2N5O. The van der Waals surface area contributed by atoms with Gasteiger partial charge in [0.2, 0.25) is 11.8 Å². The summed E-state index contributed by atoms with van der Waals surface area (Å²) in [5, 5.41) is 11.8. The third-order valence-electron chi connectivity index (χ3n) is 7.45. The summed E-state index contributed by atoms with van der Waals surface area (Å²) in [5.74, 6) is -1.17. The van der Waals surface area contributed by atoms with E-state index in [2.05, 4.69) is 45.8 Å². The van der Waals surface area contributed by atoms with Gasteiger partial charge in [0.25, 0.3) is 0 Å². The highest BCUT2D eigenvalue weighted by Crippen LogP contribution is 2.42. The van der Waals surface area contributed by atoms with Gasteiger partial charge in [-0.2, -0.15) is 0 Å². The number of rotatable bonds is 8. The van der Waals surface area contributed by atoms with Gasteiger partial charge in [-0.15, -0.1) is 22.6 Å². The molecule has 1 saturated carbocycles. The molecule has 1 unspecified atom stereocenters. The molecule has 35 heavy (non-hydrogen) atoms. The standard InChI is InChI=1S/C26H37F2N5O.ClH/c1-17(2)24-31-30-19(4)33(24)22-10-12-32(13-11-22)18(3)14-23(20-8-6-5-7-9-20)29-25(34)21-15-26(27,28)16-21;/h5-9,17-18,21-23H,10-16H2,1-4H3,(H,29,34);1H/t18?,23-;/m0./s1. The van der Waals surface area contributed by atoms with Gasteiger partial charge in [0, 0.05) is 49.9 Å². The number of carbonyl (C=O) groups excluding carboxylic acids is 1. The summed E-state index contributed by atoms with van der Waals surface area (Å²) in [5.41, 5.74) is 1.02. The number of nitrogens with zero attached hydrogens (tertiary/aromatic N) is 4. The number of piperidine rings is 1. The number of hydrogen-bond donors (Lipinski definition) is 1. The number of carbonyl (C=O) groups is 1. The van der Waals surface area contributed by atoms with Crippen molar-refractivity contribution in [1.29, 1.82) is 0 Å². The summed E-state index contributed by atoms with van der Waals surface area (Å²) < 4.78 is 28.9. The second-order valence-electron chi connectivity index (χ2n) is 10.4. The number of aryl methyl sites for hydroxylation is 1. The molecule has 2 aromatic rings. The average Bonchev–Trinajstić information content (AvgIpc) is 3.19. The van der Waals surface area contributed by atoms with Crippen molar-refractivity contribution >= 4 is 18.3 Å². The Morgan fingerprint density at radius 1 is 1.11 bits per heavy atom. The summed E-state index contributed by atoms with van der Waals surface area (Å²) in [6.45, 7) is 10.5. The summed E-state index contributed by atoms with van der Waals surface area (Å²) in [4.78, 5) is 15.2. The van der Waals surface area contributed by atoms with E-state index in [4.69, 9.17) is 0 Å². The van der Waals surface area contributed by atoms with Gasteiger partial charge >= 0.3 is 0 Å². The van der Waals surface area contributed by atoms with Gasteiger partial charge in [-0.25, -0.2) is 8.78 Å². The lowest BCUT2D eigenvalue weighted by Crippen LogP contribution is -2.47. The Morgan fingerprint density at radius 3 is 2.31 bits per heavy atom. The summed E-state index contributed by atoms with van der Waals surface area (Å²) in [7, 11) is 0. The number of nitrogens with one attached hydrogen (secondary N) is 1. The molecule has 0 radical (unpaired) electrons. The topological polar surface area (TPSA) is 63.1 Å². The normalized spacial score (nSPS) is 20.7. The molecule has 0 spiro atoms. The molecule has 194 valence electrons. The van der Waals surface area contributed by atoms with E-state index >= 15 is 0 Å². The Balaban J connectivity index is 0.00000342. The maximum Gasteiger partial charge on any atom is 0.249 e. The molecule has 1 saturated heterocycles. The molecule has 2 aliphatic rings. The van der Waals surface area contributed by atoms with Gasteiger partial charge in [-0.05, 0) is 38.7 Å². The van der Waals surface area contributed by atoms with Crippen molar-refractivity contribution in [3.8, 4) is 0 Å². The lowest BCUT2D eigenvalue weighted by Gasteiger charge is -2.39. The number of halogens is 3. The Bertz CT molecular complexity index is 967. The third-order valence-corrected chi connectivity index (χ3v) is 7.45. The number of benzene rings is 1. The lowest BCUT2D eigenvalue weighted by molar-refractivity contribution is -0.151. The van der Waals surface area contributed by atoms with E-state index in [1.165, 1.54) is 0 Å². The van der Waals surface area contributed by atoms with Gasteiger partial charge in [0.1, 0.15) is 11.6 Å². The van der Waals surface area contributed by atoms with E-state index in [-0.39, 0.29) is 43.2 Å². The predicted molar refractivity (Wildman–Crippen MR) is 135 cm³/mol. The smallest absolute Gasteiger partial charge is 0.249 e. The fourth-order valence-corrected chi connectivity index (χ4v) is 5.41. The molecule has 4 rings (SSSR count). The molecule has 1 aliphatic heterocycles. The molecule has 0 bridgehead atoms. The van der Waals surface area contributed by atoms with E-state index in [0.717, 1.165) is 49.6 Å². The van der Waals surface area contributed by atoms with Crippen molar-refractivity contribution in [2.45, 2.75) is 89.8 Å². The van der Waals surface area contributed by atoms with Gasteiger partial charge in [0.15, 0.2) is 0 Å². The first-order chi connectivity index (χ1) is 16.1. The van der Waals surface area contributed by atoms with Crippen LogP contribution >= 0.6 is 12.4 Å². The predicted octanol–water partition coefficient (Wildman–Crippen LogP) is 5.45. The zero-order valence-electron chi connectivity index (χ0n) is 21.1. The minimum Gasteiger partial charge on any atom is -0.349 e. The first-order valence-corrected chi connectivity index (χ1v) is 12.5. The number of hydrogen-bond acceptors (Lipinski definition) is 4. The Labute approximate surface area is 213 Å². The number of alkyl halides is 2. The molecule has 9 heteroatoms. The van der Waals surface area contributed by atoms with E-state index in [1.54, 1.807) is 0 Å². The fourth-order valence-electron chi connectivity index (χ4n) is 5.41. The first kappa shape index (κ1) is 27.5. The van der Waals surface area contributed by atoms with E-state index < -0.39 is 11.8 Å². The van der Waals surface area contributed by atoms with Gasteiger partial charge in [0.05, 0.1) is 6.04 Å². The summed E-state index contributed by atoms with van der Waals surface area (Å²) in [6, 6.07) is 10.3. The molecule has 1 aromatic carbocycles. The van der Waals surface area contributed by atoms with Crippen LogP contribution in [0.3, 0.4) is 0 Å². The third kappa shape index (κ3) is 6.39. The molecule has 1 aliphatic carbocycles. The molecule has 1 amide bonds. The van der Waals surface area contributed by atoms with Crippen LogP contribution < -0.4 is 5.32 Å². The monoisotopic (exact) mass is 509 g/mol. The van der Waals surface area contributed by atoms with Crippen molar-refractivity contribution < 1.29 is 13.6 Å². The van der Waals surface area contributed by atoms with Crippen molar-refractivity contribution in [1.82, 2.24) is 25.0 Å². The number of likely N-dealkylation sites (tertiary alicyclic amines) is 1. The zero-order chi connectivity index (χ0) is 24.5. The van der Waals surface area contributed by atoms with Gasteiger partial charge in [-0.3, -0.25) is 4.79 Å². The van der Waals surface area contributed by atoms with Crippen molar-refractivity contribution in [3.05, 3.63) is 47.5 Å². The molecule has 6 nitrogen and oxygen atoms in total. The highest BCUT2D eigenvalue weighted by molar-refractivity contribution is 5.85. The minimum absolute atomic E-state index is 0. The quantitative estimate of drug-likeness (QED) is 0.514. The van der Waals surface area contributed by atoms with Crippen LogP contribution in [0.1, 0.15) is 88.1 Å². The van der Waals surface area contributed by atoms with Crippen molar-refractivity contribution in [2.24, 2.45) is 5.92 Å². The van der Waals surface area contributed by atoms with E-state index in [0.29, 0.717) is 12.0 Å². The van der Waals surface area contributed by atoms with Crippen LogP contribution in [-0.4, -0.2) is 50.6 Å². The van der Waals surface area contributed by atoms with Crippen molar-refractivity contribution in [2.75, 3.05) is 13.1 Å². The highest BCUT2D eigenvalue weighted by Gasteiger charge is 2.49. The van der Waals surface area contributed by atoms with Crippen LogP contribution in [0.4, 0.5) is 8.78 Å². The van der Waals surface area contributed by atoms with Crippen molar-refractivity contribution in [3.63, 3.8) is 0 Å². The van der Waals surface area contributed by atoms with Gasteiger partial charge < -0.3 is 14.8 Å². The molecule has 2 heterocycles. The second kappa shape index (κ2) is 11.3. The Kier molecular flexibility index (Phi) is 8.91. The summed E-state index contributed by atoms with van der Waals surface area (Å²) in [6.07, 6.45) is 2.12. The Morgan fingerprint density at radius 2 is 1.74 bits per heavy atom. The highest BCUT2D eigenvalue weighted by atomic mass is 35.5. The summed E-state index contributed by atoms with van der Waals surface area (Å²) >= 11 is 0. The maximum atomic E-state index is 13.3. The Hall–Kier alpha value is -2.06. The van der Waals surface area contributed by atoms with Crippen LogP contribution in [0.15, 0.2) is 30.3 Å². The maximum absolute atomic E-state index is 13.3. The minimum atomic E-state index is -2.69. The lowest BCUT2D eigenvalue weighted by atomic mass is 9.80. The SMILES string of the molecule is Cc1nnc(C(C)C)n1C1CCN(C(C)C[C@H](NC(=O)C2CC(F)(F)C2)c2ccccc2)CC1.Cl. The molecule has 1 N–H and O–H groups in total. The van der Waals surface area contributed by atoms with Crippen LogP contribution in [-0.2, 0) is 4.79 Å². The molecule has 1 aromatic heterocycles. The van der Waals surface area contributed by atoms with Crippen LogP contribution in [0.25, 0.3) is 0 Å². The molecule has 2 atom stereocenters. The molecular weight excluding hydrogens is 472 g/mol. The second-order valence-corrected chi connectivity index (χ2v) is 10.4. The van der Waals surface area contributed by atoms with E-state index in [9.17, 15) is 13.6 Å². The average molecular weight is 510 g/mol. The zero-order valence-corrected chi connectivity index (χ0v) is 21.9. The van der Waals surface area contributed by atoms with Gasteiger partial charge in [-0.1, -0.05) is 44.2 Å². The molecule has 2 fully saturated rings. The van der Waals surface area contributed by atoms with Crippen LogP contribution in [0.2, 0.25) is 0 Å². The number of amides is 1. The fraction of sp³-hybridized carbons (Fsp3) is 0.654. The number of aromatic nitrogens is 3. The first-order valence-electron chi connectivity index (χ1n) is 12.5. The van der Waals surface area contributed by atoms with Crippen LogP contribution in [0.5, 0.6) is 0 Å². The van der Waals surface area contributed by atoms with E-state index in [1.807, 2.05) is 37.3 Å². The largest absolute Gasteiger partial charge is 0.349 e.